The molecule has 1 fully saturated rings. The summed E-state index contributed by atoms with van der Waals surface area (Å²) in [6, 6.07) is 1.96. The molecule has 2 rings (SSSR count). The van der Waals surface area contributed by atoms with Crippen LogP contribution in [0.15, 0.2) is 6.07 Å². The second-order valence-electron chi connectivity index (χ2n) is 5.60. The van der Waals surface area contributed by atoms with Gasteiger partial charge in [-0.25, -0.2) is 4.79 Å². The molecule has 0 atom stereocenters. The smallest absolute Gasteiger partial charge is 0.410 e. The van der Waals surface area contributed by atoms with Crippen LogP contribution in [0.3, 0.4) is 0 Å². The lowest BCUT2D eigenvalue weighted by atomic mass is 9.97. The van der Waals surface area contributed by atoms with E-state index in [9.17, 15) is 4.79 Å². The van der Waals surface area contributed by atoms with Gasteiger partial charge in [0.1, 0.15) is 5.60 Å². The number of hydrogen-bond donors (Lipinski definition) is 2. The van der Waals surface area contributed by atoms with Crippen molar-refractivity contribution in [2.75, 3.05) is 13.1 Å². The van der Waals surface area contributed by atoms with Crippen molar-refractivity contribution >= 4 is 6.09 Å². The number of aromatic amines is 1. The first kappa shape index (κ1) is 12.9. The predicted molar refractivity (Wildman–Crippen MR) is 67.0 cm³/mol. The third kappa shape index (κ3) is 2.81. The highest BCUT2D eigenvalue weighted by molar-refractivity contribution is 5.69. The first-order valence-electron chi connectivity index (χ1n) is 6.11. The maximum absolute atomic E-state index is 11.7. The van der Waals surface area contributed by atoms with Crippen molar-refractivity contribution in [3.8, 4) is 0 Å². The Morgan fingerprint density at radius 3 is 2.78 bits per heavy atom. The van der Waals surface area contributed by atoms with Gasteiger partial charge >= 0.3 is 6.09 Å². The number of ether oxygens (including phenoxy) is 1. The lowest BCUT2D eigenvalue weighted by Gasteiger charge is -2.38. The Morgan fingerprint density at radius 1 is 1.61 bits per heavy atom. The SMILES string of the molecule is CC(C)(C)OC(=O)N1CC(c2cc(CN)[nH]n2)C1. The second kappa shape index (κ2) is 4.61. The maximum Gasteiger partial charge on any atom is 0.410 e. The van der Waals surface area contributed by atoms with Crippen LogP contribution in [-0.4, -0.2) is 39.9 Å². The van der Waals surface area contributed by atoms with Crippen LogP contribution in [0.1, 0.15) is 38.1 Å². The van der Waals surface area contributed by atoms with Crippen molar-refractivity contribution < 1.29 is 9.53 Å². The standard InChI is InChI=1S/C12H20N4O2/c1-12(2,3)18-11(17)16-6-8(7-16)10-4-9(5-13)14-15-10/h4,8H,5-7,13H2,1-3H3,(H,14,15). The van der Waals surface area contributed by atoms with Crippen molar-refractivity contribution in [1.29, 1.82) is 0 Å². The molecular formula is C12H20N4O2. The van der Waals surface area contributed by atoms with E-state index in [4.69, 9.17) is 10.5 Å². The topological polar surface area (TPSA) is 84.2 Å². The van der Waals surface area contributed by atoms with E-state index in [2.05, 4.69) is 10.2 Å². The van der Waals surface area contributed by atoms with Crippen LogP contribution >= 0.6 is 0 Å². The maximum atomic E-state index is 11.7. The largest absolute Gasteiger partial charge is 0.444 e. The number of amides is 1. The number of aromatic nitrogens is 2. The molecule has 0 unspecified atom stereocenters. The van der Waals surface area contributed by atoms with E-state index >= 15 is 0 Å². The van der Waals surface area contributed by atoms with E-state index in [1.165, 1.54) is 0 Å². The zero-order valence-corrected chi connectivity index (χ0v) is 11.1. The molecule has 3 N–H and O–H groups in total. The Labute approximate surface area is 106 Å². The van der Waals surface area contributed by atoms with E-state index in [0.717, 1.165) is 11.4 Å². The van der Waals surface area contributed by atoms with E-state index in [-0.39, 0.29) is 12.0 Å². The molecule has 0 saturated carbocycles. The number of rotatable bonds is 2. The monoisotopic (exact) mass is 252 g/mol. The highest BCUT2D eigenvalue weighted by Crippen LogP contribution is 2.27. The summed E-state index contributed by atoms with van der Waals surface area (Å²) in [4.78, 5) is 13.4. The molecule has 18 heavy (non-hydrogen) atoms. The summed E-state index contributed by atoms with van der Waals surface area (Å²) in [5.74, 6) is 0.286. The second-order valence-corrected chi connectivity index (χ2v) is 5.60. The number of hydrogen-bond acceptors (Lipinski definition) is 4. The van der Waals surface area contributed by atoms with Gasteiger partial charge in [0, 0.05) is 31.2 Å². The van der Waals surface area contributed by atoms with E-state index in [1.54, 1.807) is 4.90 Å². The van der Waals surface area contributed by atoms with Crippen LogP contribution in [0, 0.1) is 0 Å². The lowest BCUT2D eigenvalue weighted by molar-refractivity contribution is 0.00787. The molecule has 0 aromatic carbocycles. The fourth-order valence-electron chi connectivity index (χ4n) is 1.83. The lowest BCUT2D eigenvalue weighted by Crippen LogP contribution is -2.50. The van der Waals surface area contributed by atoms with Crippen LogP contribution in [0.5, 0.6) is 0 Å². The first-order valence-corrected chi connectivity index (χ1v) is 6.11. The third-order valence-corrected chi connectivity index (χ3v) is 2.82. The van der Waals surface area contributed by atoms with Crippen molar-refractivity contribution in [3.63, 3.8) is 0 Å². The normalized spacial score (nSPS) is 16.6. The zero-order chi connectivity index (χ0) is 13.3. The Bertz CT molecular complexity index is 430. The van der Waals surface area contributed by atoms with Gasteiger partial charge in [0.2, 0.25) is 0 Å². The van der Waals surface area contributed by atoms with E-state index in [0.29, 0.717) is 19.6 Å². The van der Waals surface area contributed by atoms with Crippen molar-refractivity contribution in [3.05, 3.63) is 17.5 Å². The van der Waals surface area contributed by atoms with Gasteiger partial charge in [0.25, 0.3) is 0 Å². The Balaban J connectivity index is 1.85. The predicted octanol–water partition coefficient (Wildman–Crippen LogP) is 1.20. The average Bonchev–Trinajstić information content (AvgIpc) is 2.60. The van der Waals surface area contributed by atoms with Crippen LogP contribution < -0.4 is 5.73 Å². The Hall–Kier alpha value is -1.56. The molecule has 6 nitrogen and oxygen atoms in total. The van der Waals surface area contributed by atoms with Crippen LogP contribution in [0.25, 0.3) is 0 Å². The summed E-state index contributed by atoms with van der Waals surface area (Å²) in [5, 5.41) is 7.07. The van der Waals surface area contributed by atoms with Gasteiger partial charge in [-0.1, -0.05) is 0 Å². The zero-order valence-electron chi connectivity index (χ0n) is 11.1. The Morgan fingerprint density at radius 2 is 2.28 bits per heavy atom. The third-order valence-electron chi connectivity index (χ3n) is 2.82. The first-order chi connectivity index (χ1) is 8.39. The molecule has 0 radical (unpaired) electrons. The van der Waals surface area contributed by atoms with Crippen molar-refractivity contribution in [2.24, 2.45) is 5.73 Å². The van der Waals surface area contributed by atoms with Gasteiger partial charge in [0.05, 0.1) is 5.69 Å². The molecule has 0 bridgehead atoms. The molecule has 2 heterocycles. The number of carbonyl (C=O) groups excluding carboxylic acids is 1. The quantitative estimate of drug-likeness (QED) is 0.828. The molecule has 1 aromatic heterocycles. The van der Waals surface area contributed by atoms with Gasteiger partial charge < -0.3 is 15.4 Å². The number of nitrogens with zero attached hydrogens (tertiary/aromatic N) is 2. The van der Waals surface area contributed by atoms with Crippen LogP contribution in [-0.2, 0) is 11.3 Å². The Kier molecular flexibility index (Phi) is 3.30. The van der Waals surface area contributed by atoms with Crippen LogP contribution in [0.2, 0.25) is 0 Å². The number of H-pyrrole nitrogens is 1. The molecule has 1 amide bonds. The van der Waals surface area contributed by atoms with Gasteiger partial charge in [-0.3, -0.25) is 5.10 Å². The number of nitrogens with one attached hydrogen (secondary N) is 1. The molecule has 1 aromatic rings. The van der Waals surface area contributed by atoms with Gasteiger partial charge in [-0.15, -0.1) is 0 Å². The molecule has 0 aliphatic carbocycles. The summed E-state index contributed by atoms with van der Waals surface area (Å²) in [6.07, 6.45) is -0.256. The number of likely N-dealkylation sites (tertiary alicyclic amines) is 1. The summed E-state index contributed by atoms with van der Waals surface area (Å²) in [6.45, 7) is 7.36. The van der Waals surface area contributed by atoms with E-state index < -0.39 is 5.60 Å². The summed E-state index contributed by atoms with van der Waals surface area (Å²) < 4.78 is 5.29. The fraction of sp³-hybridized carbons (Fsp3) is 0.667. The molecule has 1 aliphatic heterocycles. The molecule has 1 aliphatic rings. The minimum Gasteiger partial charge on any atom is -0.444 e. The van der Waals surface area contributed by atoms with Crippen molar-refractivity contribution in [1.82, 2.24) is 15.1 Å². The number of nitrogens with two attached hydrogens (primary N) is 1. The molecule has 0 spiro atoms. The van der Waals surface area contributed by atoms with E-state index in [1.807, 2.05) is 26.8 Å². The molecule has 100 valence electrons. The number of carbonyl (C=O) groups is 1. The van der Waals surface area contributed by atoms with Crippen LogP contribution in [0.4, 0.5) is 4.79 Å². The average molecular weight is 252 g/mol. The van der Waals surface area contributed by atoms with Gasteiger partial charge in [0.15, 0.2) is 0 Å². The molecule has 1 saturated heterocycles. The minimum atomic E-state index is -0.443. The summed E-state index contributed by atoms with van der Waals surface area (Å²) in [5.41, 5.74) is 6.95. The fourth-order valence-corrected chi connectivity index (χ4v) is 1.83. The minimum absolute atomic E-state index is 0.256. The van der Waals surface area contributed by atoms with Gasteiger partial charge in [-0.05, 0) is 26.8 Å². The molecular weight excluding hydrogens is 232 g/mol. The highest BCUT2D eigenvalue weighted by Gasteiger charge is 2.35. The highest BCUT2D eigenvalue weighted by atomic mass is 16.6. The van der Waals surface area contributed by atoms with Gasteiger partial charge in [-0.2, -0.15) is 5.10 Å². The van der Waals surface area contributed by atoms with Crippen molar-refractivity contribution in [2.45, 2.75) is 38.8 Å². The molecule has 6 heteroatoms. The summed E-state index contributed by atoms with van der Waals surface area (Å²) >= 11 is 0. The summed E-state index contributed by atoms with van der Waals surface area (Å²) in [7, 11) is 0.